The van der Waals surface area contributed by atoms with Crippen LogP contribution < -0.4 is 0 Å². The first kappa shape index (κ1) is 15.5. The van der Waals surface area contributed by atoms with Gasteiger partial charge in [-0.2, -0.15) is 11.8 Å². The standard InChI is InChI=1S/C19H26N2OS/c1-19(20-10-4-5-11-20)14-23-13-12-21(19)18(22)17-9-8-15-6-2-3-7-16(15)17/h2-3,6-7,17H,4-5,8-14H2,1H3. The molecule has 0 N–H and O–H groups in total. The number of hydrogen-bond acceptors (Lipinski definition) is 3. The molecule has 0 bridgehead atoms. The van der Waals surface area contributed by atoms with Gasteiger partial charge in [-0.3, -0.25) is 9.69 Å². The van der Waals surface area contributed by atoms with Crippen LogP contribution in [0.4, 0.5) is 0 Å². The maximum Gasteiger partial charge on any atom is 0.231 e. The highest BCUT2D eigenvalue weighted by molar-refractivity contribution is 7.99. The van der Waals surface area contributed by atoms with Crippen LogP contribution in [-0.4, -0.2) is 52.5 Å². The molecule has 1 aromatic carbocycles. The van der Waals surface area contributed by atoms with E-state index in [4.69, 9.17) is 0 Å². The molecule has 23 heavy (non-hydrogen) atoms. The Labute approximate surface area is 143 Å². The maximum absolute atomic E-state index is 13.4. The molecule has 1 amide bonds. The van der Waals surface area contributed by atoms with Crippen molar-refractivity contribution in [3.63, 3.8) is 0 Å². The van der Waals surface area contributed by atoms with Crippen molar-refractivity contribution in [1.82, 2.24) is 9.80 Å². The van der Waals surface area contributed by atoms with Crippen molar-refractivity contribution in [2.75, 3.05) is 31.1 Å². The molecule has 2 heterocycles. The quantitative estimate of drug-likeness (QED) is 0.832. The van der Waals surface area contributed by atoms with Crippen molar-refractivity contribution in [2.45, 2.75) is 44.2 Å². The summed E-state index contributed by atoms with van der Waals surface area (Å²) < 4.78 is 0. The van der Waals surface area contributed by atoms with Crippen molar-refractivity contribution in [3.05, 3.63) is 35.4 Å². The second-order valence-corrected chi connectivity index (χ2v) is 8.35. The van der Waals surface area contributed by atoms with Gasteiger partial charge in [-0.05, 0) is 43.7 Å². The van der Waals surface area contributed by atoms with E-state index in [2.05, 4.69) is 41.0 Å². The molecule has 1 aliphatic carbocycles. The smallest absolute Gasteiger partial charge is 0.231 e. The number of nitrogens with zero attached hydrogens (tertiary/aromatic N) is 2. The van der Waals surface area contributed by atoms with Gasteiger partial charge in [-0.1, -0.05) is 24.3 Å². The number of amides is 1. The molecule has 2 atom stereocenters. The zero-order valence-electron chi connectivity index (χ0n) is 14.0. The molecule has 2 unspecified atom stereocenters. The lowest BCUT2D eigenvalue weighted by Crippen LogP contribution is -2.64. The summed E-state index contributed by atoms with van der Waals surface area (Å²) in [6.45, 7) is 5.47. The minimum Gasteiger partial charge on any atom is -0.322 e. The third-order valence-corrected chi connectivity index (χ3v) is 7.12. The molecule has 2 saturated heterocycles. The van der Waals surface area contributed by atoms with Gasteiger partial charge in [0.25, 0.3) is 0 Å². The zero-order chi connectivity index (χ0) is 15.9. The van der Waals surface area contributed by atoms with Crippen LogP contribution in [0.3, 0.4) is 0 Å². The van der Waals surface area contributed by atoms with Crippen LogP contribution in [0.15, 0.2) is 24.3 Å². The van der Waals surface area contributed by atoms with Crippen LogP contribution in [0, 0.1) is 0 Å². The third kappa shape index (κ3) is 2.60. The van der Waals surface area contributed by atoms with Crippen LogP contribution in [0.1, 0.15) is 43.2 Å². The number of likely N-dealkylation sites (tertiary alicyclic amines) is 1. The number of rotatable bonds is 2. The molecule has 3 aliphatic rings. The molecule has 2 aliphatic heterocycles. The van der Waals surface area contributed by atoms with Crippen molar-refractivity contribution in [1.29, 1.82) is 0 Å². The van der Waals surface area contributed by atoms with Crippen molar-refractivity contribution in [3.8, 4) is 0 Å². The maximum atomic E-state index is 13.4. The molecule has 124 valence electrons. The van der Waals surface area contributed by atoms with Gasteiger partial charge in [0.15, 0.2) is 0 Å². The molecule has 4 heteroatoms. The highest BCUT2D eigenvalue weighted by Crippen LogP contribution is 2.39. The van der Waals surface area contributed by atoms with Crippen LogP contribution in [-0.2, 0) is 11.2 Å². The van der Waals surface area contributed by atoms with E-state index in [0.717, 1.165) is 44.0 Å². The second kappa shape index (κ2) is 6.14. The second-order valence-electron chi connectivity index (χ2n) is 7.24. The minimum absolute atomic E-state index is 0.0798. The summed E-state index contributed by atoms with van der Waals surface area (Å²) >= 11 is 2.00. The van der Waals surface area contributed by atoms with E-state index in [1.54, 1.807) is 0 Å². The summed E-state index contributed by atoms with van der Waals surface area (Å²) in [5, 5.41) is 0. The highest BCUT2D eigenvalue weighted by Gasteiger charge is 2.46. The Hall–Kier alpha value is -1.00. The average molecular weight is 330 g/mol. The van der Waals surface area contributed by atoms with E-state index in [1.165, 1.54) is 24.0 Å². The predicted molar refractivity (Wildman–Crippen MR) is 95.8 cm³/mol. The Morgan fingerprint density at radius 2 is 2.00 bits per heavy atom. The topological polar surface area (TPSA) is 23.6 Å². The lowest BCUT2D eigenvalue weighted by Gasteiger charge is -2.50. The van der Waals surface area contributed by atoms with E-state index < -0.39 is 0 Å². The number of benzene rings is 1. The Bertz CT molecular complexity index is 599. The summed E-state index contributed by atoms with van der Waals surface area (Å²) in [7, 11) is 0. The van der Waals surface area contributed by atoms with E-state index in [1.807, 2.05) is 11.8 Å². The fraction of sp³-hybridized carbons (Fsp3) is 0.632. The largest absolute Gasteiger partial charge is 0.322 e. The zero-order valence-corrected chi connectivity index (χ0v) is 14.8. The van der Waals surface area contributed by atoms with E-state index in [9.17, 15) is 4.79 Å². The summed E-state index contributed by atoms with van der Waals surface area (Å²) in [6.07, 6.45) is 4.58. The fourth-order valence-electron chi connectivity index (χ4n) is 4.55. The number of fused-ring (bicyclic) bond motifs is 1. The first-order valence-corrected chi connectivity index (χ1v) is 10.1. The molecule has 0 spiro atoms. The first-order chi connectivity index (χ1) is 11.2. The van der Waals surface area contributed by atoms with Crippen LogP contribution >= 0.6 is 11.8 Å². The van der Waals surface area contributed by atoms with Crippen molar-refractivity contribution >= 4 is 17.7 Å². The molecular formula is C19H26N2OS. The lowest BCUT2D eigenvalue weighted by molar-refractivity contribution is -0.145. The van der Waals surface area contributed by atoms with Crippen LogP contribution in [0.25, 0.3) is 0 Å². The minimum atomic E-state index is -0.0893. The van der Waals surface area contributed by atoms with Gasteiger partial charge in [0.1, 0.15) is 5.66 Å². The lowest BCUT2D eigenvalue weighted by atomic mass is 9.97. The summed E-state index contributed by atoms with van der Waals surface area (Å²) in [5.74, 6) is 2.57. The molecule has 0 radical (unpaired) electrons. The molecule has 3 nitrogen and oxygen atoms in total. The van der Waals surface area contributed by atoms with E-state index in [0.29, 0.717) is 5.91 Å². The van der Waals surface area contributed by atoms with Crippen molar-refractivity contribution in [2.24, 2.45) is 0 Å². The monoisotopic (exact) mass is 330 g/mol. The number of thioether (sulfide) groups is 1. The number of hydrogen-bond donors (Lipinski definition) is 0. The van der Waals surface area contributed by atoms with Gasteiger partial charge in [0.2, 0.25) is 5.91 Å². The molecule has 0 aromatic heterocycles. The van der Waals surface area contributed by atoms with Crippen molar-refractivity contribution < 1.29 is 4.79 Å². The number of carbonyl (C=O) groups excluding carboxylic acids is 1. The first-order valence-electron chi connectivity index (χ1n) is 8.92. The van der Waals surface area contributed by atoms with Crippen LogP contribution in [0.2, 0.25) is 0 Å². The summed E-state index contributed by atoms with van der Waals surface area (Å²) in [4.78, 5) is 18.2. The van der Waals surface area contributed by atoms with Gasteiger partial charge >= 0.3 is 0 Å². The van der Waals surface area contributed by atoms with Gasteiger partial charge in [0, 0.05) is 31.1 Å². The average Bonchev–Trinajstić information content (AvgIpc) is 3.25. The Morgan fingerprint density at radius 1 is 1.22 bits per heavy atom. The van der Waals surface area contributed by atoms with E-state index in [-0.39, 0.29) is 11.6 Å². The summed E-state index contributed by atoms with van der Waals surface area (Å²) in [5.41, 5.74) is 2.56. The fourth-order valence-corrected chi connectivity index (χ4v) is 5.73. The van der Waals surface area contributed by atoms with Gasteiger partial charge in [0.05, 0.1) is 5.92 Å². The highest BCUT2D eigenvalue weighted by atomic mass is 32.2. The summed E-state index contributed by atoms with van der Waals surface area (Å²) in [6, 6.07) is 8.53. The van der Waals surface area contributed by atoms with Gasteiger partial charge in [-0.25, -0.2) is 0 Å². The molecule has 1 aromatic rings. The SMILES string of the molecule is CC1(N2CCCC2)CSCCN1C(=O)C1CCc2ccccc21. The van der Waals surface area contributed by atoms with Gasteiger partial charge in [-0.15, -0.1) is 0 Å². The Kier molecular flexibility index (Phi) is 4.14. The normalized spacial score (nSPS) is 31.3. The molecule has 4 rings (SSSR count). The Balaban J connectivity index is 1.61. The third-order valence-electron chi connectivity index (χ3n) is 5.90. The number of aryl methyl sites for hydroxylation is 1. The number of carbonyl (C=O) groups is 1. The van der Waals surface area contributed by atoms with E-state index >= 15 is 0 Å². The molecule has 2 fully saturated rings. The molecule has 0 saturated carbocycles. The van der Waals surface area contributed by atoms with Gasteiger partial charge < -0.3 is 4.90 Å². The predicted octanol–water partition coefficient (Wildman–Crippen LogP) is 3.10. The Morgan fingerprint density at radius 3 is 2.83 bits per heavy atom. The molecular weight excluding hydrogens is 304 g/mol. The van der Waals surface area contributed by atoms with Crippen LogP contribution in [0.5, 0.6) is 0 Å².